The van der Waals surface area contributed by atoms with E-state index in [1.807, 2.05) is 19.1 Å². The Kier molecular flexibility index (Phi) is 4.89. The van der Waals surface area contributed by atoms with Crippen molar-refractivity contribution in [3.05, 3.63) is 47.8 Å². The third kappa shape index (κ3) is 4.33. The standard InChI is InChI=1S/C20H20F3N5O/c1-12-10-13(2-5-15(12)19(29)27-14-3-4-14)17-11-25-18-16(6-8-26-28(17)18)24-9-7-20(21,22)23/h2,5-6,8,10-11,14,24H,3-4,7,9H2,1H3,(H,27,29). The van der Waals surface area contributed by atoms with Crippen molar-refractivity contribution < 1.29 is 18.0 Å². The third-order valence-corrected chi connectivity index (χ3v) is 4.81. The number of aromatic nitrogens is 3. The van der Waals surface area contributed by atoms with Gasteiger partial charge in [-0.15, -0.1) is 0 Å². The van der Waals surface area contributed by atoms with Gasteiger partial charge in [0.2, 0.25) is 0 Å². The molecular formula is C20H20F3N5O. The SMILES string of the molecule is Cc1cc(-c2cnc3c(NCCC(F)(F)F)ccnn23)ccc1C(=O)NC1CC1. The molecule has 152 valence electrons. The molecule has 0 aliphatic heterocycles. The minimum Gasteiger partial charge on any atom is -0.382 e. The first-order valence-corrected chi connectivity index (χ1v) is 9.37. The van der Waals surface area contributed by atoms with Crippen molar-refractivity contribution in [2.45, 2.75) is 38.4 Å². The van der Waals surface area contributed by atoms with Gasteiger partial charge in [-0.05, 0) is 43.5 Å². The molecule has 0 bridgehead atoms. The summed E-state index contributed by atoms with van der Waals surface area (Å²) in [4.78, 5) is 16.6. The Morgan fingerprint density at radius 3 is 2.76 bits per heavy atom. The van der Waals surface area contributed by atoms with Gasteiger partial charge in [0.1, 0.15) is 0 Å². The van der Waals surface area contributed by atoms with E-state index in [2.05, 4.69) is 20.7 Å². The number of imidazole rings is 1. The molecule has 2 aromatic heterocycles. The van der Waals surface area contributed by atoms with E-state index in [0.29, 0.717) is 22.6 Å². The molecule has 0 atom stereocenters. The number of alkyl halides is 3. The zero-order valence-electron chi connectivity index (χ0n) is 15.8. The summed E-state index contributed by atoms with van der Waals surface area (Å²) in [5, 5.41) is 10.0. The molecule has 1 amide bonds. The zero-order chi connectivity index (χ0) is 20.6. The van der Waals surface area contributed by atoms with Gasteiger partial charge < -0.3 is 10.6 Å². The number of carbonyl (C=O) groups excluding carboxylic acids is 1. The highest BCUT2D eigenvalue weighted by Crippen LogP contribution is 2.27. The van der Waals surface area contributed by atoms with Crippen molar-refractivity contribution in [2.75, 3.05) is 11.9 Å². The lowest BCUT2D eigenvalue weighted by atomic mass is 10.0. The highest BCUT2D eigenvalue weighted by Gasteiger charge is 2.26. The summed E-state index contributed by atoms with van der Waals surface area (Å²) in [6, 6.07) is 7.36. The van der Waals surface area contributed by atoms with E-state index < -0.39 is 12.6 Å². The molecule has 1 saturated carbocycles. The first-order valence-electron chi connectivity index (χ1n) is 9.37. The summed E-state index contributed by atoms with van der Waals surface area (Å²) < 4.78 is 38.8. The van der Waals surface area contributed by atoms with Crippen LogP contribution in [0.4, 0.5) is 18.9 Å². The number of carbonyl (C=O) groups is 1. The van der Waals surface area contributed by atoms with Gasteiger partial charge >= 0.3 is 6.18 Å². The molecule has 1 aromatic carbocycles. The average molecular weight is 403 g/mol. The van der Waals surface area contributed by atoms with Gasteiger partial charge in [0.25, 0.3) is 5.91 Å². The van der Waals surface area contributed by atoms with Crippen LogP contribution in [0.5, 0.6) is 0 Å². The van der Waals surface area contributed by atoms with Crippen LogP contribution >= 0.6 is 0 Å². The Hall–Kier alpha value is -3.10. The fourth-order valence-corrected chi connectivity index (χ4v) is 3.14. The Morgan fingerprint density at radius 1 is 1.28 bits per heavy atom. The normalized spacial score (nSPS) is 14.2. The summed E-state index contributed by atoms with van der Waals surface area (Å²) in [5.74, 6) is -0.0797. The highest BCUT2D eigenvalue weighted by atomic mass is 19.4. The Morgan fingerprint density at radius 2 is 2.07 bits per heavy atom. The molecule has 0 radical (unpaired) electrons. The number of hydrogen-bond donors (Lipinski definition) is 2. The lowest BCUT2D eigenvalue weighted by molar-refractivity contribution is -0.131. The molecule has 3 aromatic rings. The van der Waals surface area contributed by atoms with Gasteiger partial charge in [-0.2, -0.15) is 18.3 Å². The molecule has 0 saturated heterocycles. The number of nitrogens with zero attached hydrogens (tertiary/aromatic N) is 3. The van der Waals surface area contributed by atoms with E-state index in [4.69, 9.17) is 0 Å². The summed E-state index contributed by atoms with van der Waals surface area (Å²) in [6.07, 6.45) is 0.0282. The largest absolute Gasteiger partial charge is 0.390 e. The van der Waals surface area contributed by atoms with E-state index in [9.17, 15) is 18.0 Å². The van der Waals surface area contributed by atoms with Crippen LogP contribution in [0.15, 0.2) is 36.7 Å². The first-order chi connectivity index (χ1) is 13.8. The van der Waals surface area contributed by atoms with Crippen molar-refractivity contribution >= 4 is 17.2 Å². The van der Waals surface area contributed by atoms with Crippen LogP contribution in [0.25, 0.3) is 16.9 Å². The number of rotatable bonds is 6. The molecule has 4 rings (SSSR count). The van der Waals surface area contributed by atoms with Crippen molar-refractivity contribution in [3.8, 4) is 11.3 Å². The molecule has 2 heterocycles. The second kappa shape index (κ2) is 7.38. The van der Waals surface area contributed by atoms with E-state index in [-0.39, 0.29) is 18.5 Å². The smallest absolute Gasteiger partial charge is 0.382 e. The van der Waals surface area contributed by atoms with Crippen LogP contribution in [0.2, 0.25) is 0 Å². The van der Waals surface area contributed by atoms with Gasteiger partial charge in [-0.25, -0.2) is 9.50 Å². The minimum absolute atomic E-state index is 0.0797. The fraction of sp³-hybridized carbons (Fsp3) is 0.350. The van der Waals surface area contributed by atoms with Gasteiger partial charge in [-0.1, -0.05) is 6.07 Å². The minimum atomic E-state index is -4.22. The fourth-order valence-electron chi connectivity index (χ4n) is 3.14. The molecule has 1 aliphatic carbocycles. The topological polar surface area (TPSA) is 71.3 Å². The third-order valence-electron chi connectivity index (χ3n) is 4.81. The van der Waals surface area contributed by atoms with E-state index >= 15 is 0 Å². The monoisotopic (exact) mass is 403 g/mol. The molecular weight excluding hydrogens is 383 g/mol. The van der Waals surface area contributed by atoms with E-state index in [0.717, 1.165) is 24.0 Å². The van der Waals surface area contributed by atoms with Crippen LogP contribution in [0.1, 0.15) is 35.2 Å². The summed E-state index contributed by atoms with van der Waals surface area (Å²) in [7, 11) is 0. The summed E-state index contributed by atoms with van der Waals surface area (Å²) in [6.45, 7) is 1.63. The van der Waals surface area contributed by atoms with Gasteiger partial charge in [0.15, 0.2) is 5.65 Å². The number of fused-ring (bicyclic) bond motifs is 1. The number of halogens is 3. The van der Waals surface area contributed by atoms with Gasteiger partial charge in [0, 0.05) is 23.7 Å². The number of nitrogens with one attached hydrogen (secondary N) is 2. The summed E-state index contributed by atoms with van der Waals surface area (Å²) in [5.41, 5.74) is 3.88. The molecule has 6 nitrogen and oxygen atoms in total. The number of amides is 1. The maximum atomic E-state index is 12.4. The number of anilines is 1. The predicted octanol–water partition coefficient (Wildman–Crippen LogP) is 3.96. The molecule has 9 heteroatoms. The van der Waals surface area contributed by atoms with Gasteiger partial charge in [-0.3, -0.25) is 4.79 Å². The number of hydrogen-bond acceptors (Lipinski definition) is 4. The van der Waals surface area contributed by atoms with Crippen LogP contribution in [0.3, 0.4) is 0 Å². The number of benzene rings is 1. The Bertz CT molecular complexity index is 1060. The van der Waals surface area contributed by atoms with Crippen molar-refractivity contribution in [2.24, 2.45) is 0 Å². The Labute approximate surface area is 165 Å². The molecule has 0 unspecified atom stereocenters. The van der Waals surface area contributed by atoms with Gasteiger partial charge in [0.05, 0.1) is 30.2 Å². The molecule has 1 aliphatic rings. The predicted molar refractivity (Wildman–Crippen MR) is 103 cm³/mol. The molecule has 0 spiro atoms. The van der Waals surface area contributed by atoms with Crippen LogP contribution < -0.4 is 10.6 Å². The quantitative estimate of drug-likeness (QED) is 0.654. The second-order valence-electron chi connectivity index (χ2n) is 7.19. The van der Waals surface area contributed by atoms with Crippen molar-refractivity contribution in [3.63, 3.8) is 0 Å². The zero-order valence-corrected chi connectivity index (χ0v) is 15.8. The van der Waals surface area contributed by atoms with Crippen molar-refractivity contribution in [1.82, 2.24) is 19.9 Å². The highest BCUT2D eigenvalue weighted by molar-refractivity contribution is 5.96. The van der Waals surface area contributed by atoms with Crippen LogP contribution in [-0.2, 0) is 0 Å². The number of aryl methyl sites for hydroxylation is 1. The van der Waals surface area contributed by atoms with Crippen LogP contribution in [-0.4, -0.2) is 39.3 Å². The maximum Gasteiger partial charge on any atom is 0.390 e. The molecule has 1 fully saturated rings. The van der Waals surface area contributed by atoms with E-state index in [1.54, 1.807) is 22.8 Å². The summed E-state index contributed by atoms with van der Waals surface area (Å²) >= 11 is 0. The van der Waals surface area contributed by atoms with E-state index in [1.165, 1.54) is 6.20 Å². The lowest BCUT2D eigenvalue weighted by Gasteiger charge is -2.10. The maximum absolute atomic E-state index is 12.4. The second-order valence-corrected chi connectivity index (χ2v) is 7.19. The molecule has 2 N–H and O–H groups in total. The Balaban J connectivity index is 1.58. The average Bonchev–Trinajstić information content (AvgIpc) is 3.35. The van der Waals surface area contributed by atoms with Crippen molar-refractivity contribution in [1.29, 1.82) is 0 Å². The first kappa shape index (κ1) is 19.2. The molecule has 29 heavy (non-hydrogen) atoms. The van der Waals surface area contributed by atoms with Crippen LogP contribution in [0, 0.1) is 6.92 Å². The lowest BCUT2D eigenvalue weighted by Crippen LogP contribution is -2.26.